The number of carbonyl (C=O) groups is 1. The summed E-state index contributed by atoms with van der Waals surface area (Å²) in [5, 5.41) is 5.19. The van der Waals surface area contributed by atoms with E-state index >= 15 is 0 Å². The molecule has 0 aliphatic rings. The molecule has 0 radical (unpaired) electrons. The van der Waals surface area contributed by atoms with Gasteiger partial charge in [-0.3, -0.25) is 4.79 Å². The molecule has 2 rings (SSSR count). The van der Waals surface area contributed by atoms with Crippen LogP contribution in [0, 0.1) is 0 Å². The number of hydrogen-bond acceptors (Lipinski definition) is 3. The fraction of sp³-hybridized carbons (Fsp3) is 0.312. The van der Waals surface area contributed by atoms with Crippen LogP contribution in [-0.2, 0) is 14.3 Å². The van der Waals surface area contributed by atoms with Crippen molar-refractivity contribution in [3.05, 3.63) is 48.0 Å². The first-order valence-corrected chi connectivity index (χ1v) is 6.54. The Morgan fingerprint density at radius 3 is 2.70 bits per heavy atom. The van der Waals surface area contributed by atoms with Crippen molar-refractivity contribution in [2.45, 2.75) is 13.0 Å². The van der Waals surface area contributed by atoms with Gasteiger partial charge in [-0.25, -0.2) is 0 Å². The molecule has 0 bridgehead atoms. The number of methoxy groups -OCH3 is 1. The van der Waals surface area contributed by atoms with Gasteiger partial charge in [0, 0.05) is 14.0 Å². The van der Waals surface area contributed by atoms with E-state index in [2.05, 4.69) is 23.5 Å². The van der Waals surface area contributed by atoms with Gasteiger partial charge >= 0.3 is 0 Å². The van der Waals surface area contributed by atoms with Crippen LogP contribution in [0.4, 0.5) is 0 Å². The van der Waals surface area contributed by atoms with Gasteiger partial charge in [0.05, 0.1) is 12.6 Å². The van der Waals surface area contributed by atoms with Crippen LogP contribution in [0.5, 0.6) is 0 Å². The first kappa shape index (κ1) is 14.5. The zero-order chi connectivity index (χ0) is 14.4. The average Bonchev–Trinajstić information content (AvgIpc) is 2.45. The number of hydrogen-bond donors (Lipinski definition) is 1. The summed E-state index contributed by atoms with van der Waals surface area (Å²) in [4.78, 5) is 11.4. The van der Waals surface area contributed by atoms with Gasteiger partial charge in [-0.05, 0) is 16.3 Å². The maximum absolute atomic E-state index is 11.4. The first-order chi connectivity index (χ1) is 9.72. The van der Waals surface area contributed by atoms with E-state index in [1.807, 2.05) is 24.3 Å². The molecule has 0 aliphatic carbocycles. The Morgan fingerprint density at radius 2 is 1.95 bits per heavy atom. The van der Waals surface area contributed by atoms with E-state index in [4.69, 9.17) is 9.47 Å². The third-order valence-corrected chi connectivity index (χ3v) is 3.06. The number of ether oxygens (including phenoxy) is 2. The Balaban J connectivity index is 2.31. The highest BCUT2D eigenvalue weighted by atomic mass is 16.7. The molecule has 0 saturated heterocycles. The van der Waals surface area contributed by atoms with Gasteiger partial charge in [-0.15, -0.1) is 0 Å². The SMILES string of the molecule is COCOC[C@@H](NC(C)=O)c1cccc2ccccc12. The van der Waals surface area contributed by atoms with Gasteiger partial charge in [0.25, 0.3) is 0 Å². The fourth-order valence-electron chi connectivity index (χ4n) is 2.26. The summed E-state index contributed by atoms with van der Waals surface area (Å²) in [6, 6.07) is 14.0. The second kappa shape index (κ2) is 7.03. The van der Waals surface area contributed by atoms with Crippen LogP contribution in [0.25, 0.3) is 10.8 Å². The molecule has 0 saturated carbocycles. The molecule has 1 atom stereocenters. The molecule has 2 aromatic carbocycles. The molecule has 0 aliphatic heterocycles. The maximum atomic E-state index is 11.4. The van der Waals surface area contributed by atoms with Crippen molar-refractivity contribution in [1.82, 2.24) is 5.32 Å². The van der Waals surface area contributed by atoms with Gasteiger partial charge in [-0.1, -0.05) is 42.5 Å². The Bertz CT molecular complexity index is 577. The minimum absolute atomic E-state index is 0.0797. The summed E-state index contributed by atoms with van der Waals surface area (Å²) in [5.74, 6) is -0.0797. The highest BCUT2D eigenvalue weighted by Gasteiger charge is 2.15. The smallest absolute Gasteiger partial charge is 0.217 e. The average molecular weight is 273 g/mol. The van der Waals surface area contributed by atoms with E-state index in [1.165, 1.54) is 6.92 Å². The Morgan fingerprint density at radius 1 is 1.20 bits per heavy atom. The van der Waals surface area contributed by atoms with Crippen LogP contribution in [0.1, 0.15) is 18.5 Å². The topological polar surface area (TPSA) is 47.6 Å². The minimum atomic E-state index is -0.186. The molecule has 0 unspecified atom stereocenters. The van der Waals surface area contributed by atoms with Crippen LogP contribution in [0.3, 0.4) is 0 Å². The van der Waals surface area contributed by atoms with Crippen LogP contribution < -0.4 is 5.32 Å². The molecular formula is C16H19NO3. The summed E-state index contributed by atoms with van der Waals surface area (Å²) in [5.41, 5.74) is 1.05. The molecule has 0 spiro atoms. The van der Waals surface area contributed by atoms with Crippen molar-refractivity contribution < 1.29 is 14.3 Å². The van der Waals surface area contributed by atoms with Crippen molar-refractivity contribution in [3.63, 3.8) is 0 Å². The lowest BCUT2D eigenvalue weighted by Gasteiger charge is -2.20. The zero-order valence-electron chi connectivity index (χ0n) is 11.8. The molecule has 0 heterocycles. The molecule has 1 amide bonds. The Hall–Kier alpha value is -1.91. The fourth-order valence-corrected chi connectivity index (χ4v) is 2.26. The van der Waals surface area contributed by atoms with Crippen molar-refractivity contribution in [3.8, 4) is 0 Å². The summed E-state index contributed by atoms with van der Waals surface area (Å²) >= 11 is 0. The second-order valence-corrected chi connectivity index (χ2v) is 4.60. The predicted molar refractivity (Wildman–Crippen MR) is 78.3 cm³/mol. The molecule has 4 nitrogen and oxygen atoms in total. The highest BCUT2D eigenvalue weighted by molar-refractivity contribution is 5.86. The van der Waals surface area contributed by atoms with Gasteiger partial charge in [0.2, 0.25) is 5.91 Å². The Kier molecular flexibility index (Phi) is 5.09. The van der Waals surface area contributed by atoms with Crippen molar-refractivity contribution in [2.75, 3.05) is 20.5 Å². The number of benzene rings is 2. The highest BCUT2D eigenvalue weighted by Crippen LogP contribution is 2.24. The quantitative estimate of drug-likeness (QED) is 0.650. The van der Waals surface area contributed by atoms with E-state index in [0.29, 0.717) is 6.61 Å². The van der Waals surface area contributed by atoms with Crippen LogP contribution in [0.15, 0.2) is 42.5 Å². The second-order valence-electron chi connectivity index (χ2n) is 4.60. The minimum Gasteiger partial charge on any atom is -0.359 e. The first-order valence-electron chi connectivity index (χ1n) is 6.54. The van der Waals surface area contributed by atoms with Gasteiger partial charge < -0.3 is 14.8 Å². The molecule has 4 heteroatoms. The molecular weight excluding hydrogens is 254 g/mol. The summed E-state index contributed by atoms with van der Waals surface area (Å²) < 4.78 is 10.3. The van der Waals surface area contributed by atoms with Gasteiger partial charge in [0.15, 0.2) is 0 Å². The molecule has 2 aromatic rings. The van der Waals surface area contributed by atoms with Gasteiger partial charge in [-0.2, -0.15) is 0 Å². The molecule has 0 aromatic heterocycles. The van der Waals surface area contributed by atoms with E-state index < -0.39 is 0 Å². The molecule has 106 valence electrons. The van der Waals surface area contributed by atoms with Crippen LogP contribution in [-0.4, -0.2) is 26.4 Å². The van der Waals surface area contributed by atoms with Crippen molar-refractivity contribution >= 4 is 16.7 Å². The van der Waals surface area contributed by atoms with E-state index in [0.717, 1.165) is 16.3 Å². The number of carbonyl (C=O) groups excluding carboxylic acids is 1. The van der Waals surface area contributed by atoms with Crippen molar-refractivity contribution in [2.24, 2.45) is 0 Å². The lowest BCUT2D eigenvalue weighted by atomic mass is 9.99. The maximum Gasteiger partial charge on any atom is 0.217 e. The third kappa shape index (κ3) is 3.56. The third-order valence-electron chi connectivity index (χ3n) is 3.06. The van der Waals surface area contributed by atoms with Crippen molar-refractivity contribution in [1.29, 1.82) is 0 Å². The molecule has 0 fully saturated rings. The number of rotatable bonds is 6. The molecule has 1 N–H and O–H groups in total. The lowest BCUT2D eigenvalue weighted by Crippen LogP contribution is -2.30. The summed E-state index contributed by atoms with van der Waals surface area (Å²) in [6.07, 6.45) is 0. The normalized spacial score (nSPS) is 12.3. The van der Waals surface area contributed by atoms with Gasteiger partial charge in [0.1, 0.15) is 6.79 Å². The standard InChI is InChI=1S/C16H19NO3/c1-12(18)17-16(10-20-11-19-2)15-9-5-7-13-6-3-4-8-14(13)15/h3-9,16H,10-11H2,1-2H3,(H,17,18)/t16-/m1/s1. The van der Waals surface area contributed by atoms with E-state index in [9.17, 15) is 4.79 Å². The zero-order valence-corrected chi connectivity index (χ0v) is 11.8. The molecule has 20 heavy (non-hydrogen) atoms. The number of fused-ring (bicyclic) bond motifs is 1. The van der Waals surface area contributed by atoms with E-state index in [1.54, 1.807) is 7.11 Å². The summed E-state index contributed by atoms with van der Waals surface area (Å²) in [7, 11) is 1.57. The monoisotopic (exact) mass is 273 g/mol. The largest absolute Gasteiger partial charge is 0.359 e. The lowest BCUT2D eigenvalue weighted by molar-refractivity contribution is -0.120. The number of amides is 1. The van der Waals surface area contributed by atoms with E-state index in [-0.39, 0.29) is 18.7 Å². The Labute approximate surface area is 118 Å². The van der Waals surface area contributed by atoms with Crippen LogP contribution in [0.2, 0.25) is 0 Å². The predicted octanol–water partition coefficient (Wildman–Crippen LogP) is 2.64. The number of nitrogens with one attached hydrogen (secondary N) is 1. The summed E-state index contributed by atoms with van der Waals surface area (Å²) in [6.45, 7) is 2.09. The van der Waals surface area contributed by atoms with Crippen LogP contribution >= 0.6 is 0 Å².